The SMILES string of the molecule is CCc1nc(C)nc2c1C=CCC2. The number of fused-ring (bicyclic) bond motifs is 1. The summed E-state index contributed by atoms with van der Waals surface area (Å²) in [5.74, 6) is 0.908. The maximum Gasteiger partial charge on any atom is 0.125 e. The predicted molar refractivity (Wildman–Crippen MR) is 53.5 cm³/mol. The van der Waals surface area contributed by atoms with Gasteiger partial charge in [-0.25, -0.2) is 9.97 Å². The largest absolute Gasteiger partial charge is 0.238 e. The highest BCUT2D eigenvalue weighted by Crippen LogP contribution is 2.20. The van der Waals surface area contributed by atoms with Gasteiger partial charge in [-0.2, -0.15) is 0 Å². The van der Waals surface area contributed by atoms with Crippen LogP contribution in [-0.2, 0) is 12.8 Å². The van der Waals surface area contributed by atoms with Gasteiger partial charge >= 0.3 is 0 Å². The van der Waals surface area contributed by atoms with Gasteiger partial charge in [-0.15, -0.1) is 0 Å². The number of hydrogen-bond donors (Lipinski definition) is 0. The van der Waals surface area contributed by atoms with E-state index in [9.17, 15) is 0 Å². The molecule has 0 radical (unpaired) electrons. The van der Waals surface area contributed by atoms with Gasteiger partial charge in [0.2, 0.25) is 0 Å². The molecule has 0 saturated carbocycles. The normalized spacial score (nSPS) is 14.3. The molecular weight excluding hydrogens is 160 g/mol. The van der Waals surface area contributed by atoms with Crippen molar-refractivity contribution >= 4 is 6.08 Å². The van der Waals surface area contributed by atoms with Crippen LogP contribution in [0.1, 0.15) is 36.1 Å². The number of aromatic nitrogens is 2. The van der Waals surface area contributed by atoms with Crippen LogP contribution in [0.25, 0.3) is 6.08 Å². The molecule has 0 atom stereocenters. The molecule has 0 saturated heterocycles. The Morgan fingerprint density at radius 2 is 2.23 bits per heavy atom. The molecule has 1 aliphatic rings. The van der Waals surface area contributed by atoms with Gasteiger partial charge in [0.15, 0.2) is 0 Å². The number of rotatable bonds is 1. The fourth-order valence-electron chi connectivity index (χ4n) is 1.78. The average molecular weight is 174 g/mol. The second kappa shape index (κ2) is 3.29. The van der Waals surface area contributed by atoms with Crippen LogP contribution in [0.15, 0.2) is 6.08 Å². The summed E-state index contributed by atoms with van der Waals surface area (Å²) in [6.45, 7) is 4.11. The number of allylic oxidation sites excluding steroid dienone is 1. The Morgan fingerprint density at radius 1 is 1.38 bits per heavy atom. The summed E-state index contributed by atoms with van der Waals surface area (Å²) >= 11 is 0. The maximum atomic E-state index is 4.46. The van der Waals surface area contributed by atoms with Crippen molar-refractivity contribution in [1.82, 2.24) is 9.97 Å². The molecule has 2 rings (SSSR count). The van der Waals surface area contributed by atoms with E-state index in [1.165, 1.54) is 17.0 Å². The van der Waals surface area contributed by atoms with Crippen molar-refractivity contribution in [2.45, 2.75) is 33.1 Å². The first-order chi connectivity index (χ1) is 6.31. The van der Waals surface area contributed by atoms with E-state index in [-0.39, 0.29) is 0 Å². The van der Waals surface area contributed by atoms with E-state index in [0.29, 0.717) is 0 Å². The molecule has 68 valence electrons. The van der Waals surface area contributed by atoms with E-state index in [1.807, 2.05) is 6.92 Å². The van der Waals surface area contributed by atoms with E-state index in [2.05, 4.69) is 29.0 Å². The van der Waals surface area contributed by atoms with Gasteiger partial charge in [0.25, 0.3) is 0 Å². The van der Waals surface area contributed by atoms with Crippen LogP contribution in [0.4, 0.5) is 0 Å². The minimum absolute atomic E-state index is 0.908. The lowest BCUT2D eigenvalue weighted by Crippen LogP contribution is -2.06. The summed E-state index contributed by atoms with van der Waals surface area (Å²) in [6.07, 6.45) is 7.56. The molecule has 2 heteroatoms. The Morgan fingerprint density at radius 3 is 3.00 bits per heavy atom. The zero-order chi connectivity index (χ0) is 9.26. The van der Waals surface area contributed by atoms with Crippen molar-refractivity contribution in [3.8, 4) is 0 Å². The smallest absolute Gasteiger partial charge is 0.125 e. The Balaban J connectivity index is 2.59. The van der Waals surface area contributed by atoms with Gasteiger partial charge in [0.05, 0.1) is 11.4 Å². The summed E-state index contributed by atoms with van der Waals surface area (Å²) in [5.41, 5.74) is 3.68. The van der Waals surface area contributed by atoms with Crippen molar-refractivity contribution < 1.29 is 0 Å². The molecule has 0 unspecified atom stereocenters. The second-order valence-electron chi connectivity index (χ2n) is 3.37. The summed E-state index contributed by atoms with van der Waals surface area (Å²) in [4.78, 5) is 8.90. The molecule has 2 nitrogen and oxygen atoms in total. The fraction of sp³-hybridized carbons (Fsp3) is 0.455. The van der Waals surface area contributed by atoms with E-state index in [0.717, 1.165) is 25.1 Å². The highest BCUT2D eigenvalue weighted by molar-refractivity contribution is 5.56. The molecule has 0 aromatic carbocycles. The monoisotopic (exact) mass is 174 g/mol. The third kappa shape index (κ3) is 1.48. The molecule has 0 N–H and O–H groups in total. The maximum absolute atomic E-state index is 4.46. The fourth-order valence-corrected chi connectivity index (χ4v) is 1.78. The summed E-state index contributed by atoms with van der Waals surface area (Å²) in [5, 5.41) is 0. The zero-order valence-corrected chi connectivity index (χ0v) is 8.17. The molecule has 0 amide bonds. The minimum atomic E-state index is 0.908. The average Bonchev–Trinajstić information content (AvgIpc) is 2.16. The number of nitrogens with zero attached hydrogens (tertiary/aromatic N) is 2. The zero-order valence-electron chi connectivity index (χ0n) is 8.17. The molecule has 0 fully saturated rings. The summed E-state index contributed by atoms with van der Waals surface area (Å²) in [6, 6.07) is 0. The third-order valence-corrected chi connectivity index (χ3v) is 2.38. The van der Waals surface area contributed by atoms with E-state index in [4.69, 9.17) is 0 Å². The van der Waals surface area contributed by atoms with Crippen molar-refractivity contribution in [2.24, 2.45) is 0 Å². The van der Waals surface area contributed by atoms with Crippen molar-refractivity contribution in [1.29, 1.82) is 0 Å². The van der Waals surface area contributed by atoms with E-state index in [1.54, 1.807) is 0 Å². The molecule has 1 heterocycles. The quantitative estimate of drug-likeness (QED) is 0.653. The highest BCUT2D eigenvalue weighted by atomic mass is 14.9. The van der Waals surface area contributed by atoms with E-state index >= 15 is 0 Å². The van der Waals surface area contributed by atoms with E-state index < -0.39 is 0 Å². The molecule has 1 aromatic rings. The lowest BCUT2D eigenvalue weighted by Gasteiger charge is -2.13. The lowest BCUT2D eigenvalue weighted by atomic mass is 10.0. The van der Waals surface area contributed by atoms with Gasteiger partial charge in [-0.1, -0.05) is 19.1 Å². The first kappa shape index (κ1) is 8.42. The Bertz CT molecular complexity index is 353. The van der Waals surface area contributed by atoms with Gasteiger partial charge in [0.1, 0.15) is 5.82 Å². The molecular formula is C11H14N2. The van der Waals surface area contributed by atoms with Crippen LogP contribution >= 0.6 is 0 Å². The molecule has 0 spiro atoms. The van der Waals surface area contributed by atoms with Crippen LogP contribution in [0.2, 0.25) is 0 Å². The first-order valence-electron chi connectivity index (χ1n) is 4.84. The second-order valence-corrected chi connectivity index (χ2v) is 3.37. The Hall–Kier alpha value is -1.18. The Kier molecular flexibility index (Phi) is 2.13. The third-order valence-electron chi connectivity index (χ3n) is 2.38. The van der Waals surface area contributed by atoms with Gasteiger partial charge in [0, 0.05) is 5.56 Å². The van der Waals surface area contributed by atoms with Gasteiger partial charge in [-0.3, -0.25) is 0 Å². The highest BCUT2D eigenvalue weighted by Gasteiger charge is 2.11. The molecule has 13 heavy (non-hydrogen) atoms. The molecule has 1 aliphatic carbocycles. The number of hydrogen-bond acceptors (Lipinski definition) is 2. The molecule has 0 bridgehead atoms. The topological polar surface area (TPSA) is 25.8 Å². The lowest BCUT2D eigenvalue weighted by molar-refractivity contribution is 0.849. The Labute approximate surface area is 78.7 Å². The van der Waals surface area contributed by atoms with Crippen molar-refractivity contribution in [3.63, 3.8) is 0 Å². The summed E-state index contributed by atoms with van der Waals surface area (Å²) in [7, 11) is 0. The van der Waals surface area contributed by atoms with Crippen molar-refractivity contribution in [3.05, 3.63) is 28.9 Å². The van der Waals surface area contributed by atoms with Crippen LogP contribution in [0, 0.1) is 6.92 Å². The predicted octanol–water partition coefficient (Wildman–Crippen LogP) is 2.31. The van der Waals surface area contributed by atoms with Crippen LogP contribution in [0.5, 0.6) is 0 Å². The van der Waals surface area contributed by atoms with Crippen LogP contribution in [0.3, 0.4) is 0 Å². The van der Waals surface area contributed by atoms with Crippen molar-refractivity contribution in [2.75, 3.05) is 0 Å². The minimum Gasteiger partial charge on any atom is -0.238 e. The molecule has 1 aromatic heterocycles. The first-order valence-corrected chi connectivity index (χ1v) is 4.84. The van der Waals surface area contributed by atoms with Gasteiger partial charge in [-0.05, 0) is 26.2 Å². The van der Waals surface area contributed by atoms with Gasteiger partial charge < -0.3 is 0 Å². The van der Waals surface area contributed by atoms with Crippen LogP contribution in [-0.4, -0.2) is 9.97 Å². The summed E-state index contributed by atoms with van der Waals surface area (Å²) < 4.78 is 0. The molecule has 0 aliphatic heterocycles. The van der Waals surface area contributed by atoms with Crippen LogP contribution < -0.4 is 0 Å². The number of aryl methyl sites for hydroxylation is 3. The standard InChI is InChI=1S/C11H14N2/c1-3-10-9-6-4-5-7-11(9)13-8(2)12-10/h4,6H,3,5,7H2,1-2H3.